The number of carbonyl (C=O) groups excluding carboxylic acids is 1. The third kappa shape index (κ3) is 9.32. The van der Waals surface area contributed by atoms with Crippen molar-refractivity contribution < 1.29 is 29.3 Å². The predicted molar refractivity (Wildman–Crippen MR) is 70.0 cm³/mol. The van der Waals surface area contributed by atoms with Gasteiger partial charge in [0, 0.05) is 11.0 Å². The van der Waals surface area contributed by atoms with Gasteiger partial charge in [-0.2, -0.15) is 11.8 Å². The van der Waals surface area contributed by atoms with Crippen LogP contribution in [0, 0.1) is 0 Å². The second-order valence-corrected chi connectivity index (χ2v) is 5.67. The van der Waals surface area contributed by atoms with Crippen LogP contribution in [0.5, 0.6) is 0 Å². The van der Waals surface area contributed by atoms with E-state index in [-0.39, 0.29) is 23.8 Å². The molecule has 7 nitrogen and oxygen atoms in total. The topological polar surface area (TPSA) is 127 Å². The van der Waals surface area contributed by atoms with Gasteiger partial charge in [-0.1, -0.05) is 6.92 Å². The number of hydrogen-bond acceptors (Lipinski definition) is 6. The molecule has 0 amide bonds. The average molecular weight is 293 g/mol. The molecule has 0 fully saturated rings. The van der Waals surface area contributed by atoms with E-state index in [4.69, 9.17) is 20.7 Å². The van der Waals surface area contributed by atoms with Crippen LogP contribution in [0.3, 0.4) is 0 Å². The summed E-state index contributed by atoms with van der Waals surface area (Å²) in [5.74, 6) is -2.42. The molecule has 0 saturated heterocycles. The molecule has 19 heavy (non-hydrogen) atoms. The lowest BCUT2D eigenvalue weighted by Gasteiger charge is -2.16. The molecule has 3 atom stereocenters. The molecule has 8 heteroatoms. The fourth-order valence-electron chi connectivity index (χ4n) is 1.21. The van der Waals surface area contributed by atoms with Crippen LogP contribution in [0.1, 0.15) is 26.7 Å². The Labute approximate surface area is 115 Å². The largest absolute Gasteiger partial charge is 0.481 e. The molecule has 0 aromatic carbocycles. The first-order valence-corrected chi connectivity index (χ1v) is 6.78. The van der Waals surface area contributed by atoms with Gasteiger partial charge in [0.1, 0.15) is 12.1 Å². The minimum atomic E-state index is -1.06. The first-order valence-electron chi connectivity index (χ1n) is 5.73. The highest BCUT2D eigenvalue weighted by Gasteiger charge is 2.20. The van der Waals surface area contributed by atoms with Crippen molar-refractivity contribution in [3.05, 3.63) is 0 Å². The molecule has 0 aliphatic rings. The first kappa shape index (κ1) is 17.7. The lowest BCUT2D eigenvalue weighted by atomic mass is 10.3. The maximum Gasteiger partial charge on any atom is 0.324 e. The summed E-state index contributed by atoms with van der Waals surface area (Å²) >= 11 is 1.26. The summed E-state index contributed by atoms with van der Waals surface area (Å²) in [4.78, 5) is 32.3. The fourth-order valence-corrected chi connectivity index (χ4v) is 2.15. The smallest absolute Gasteiger partial charge is 0.324 e. The molecular formula is C11H19NO6S. The van der Waals surface area contributed by atoms with Crippen LogP contribution in [-0.4, -0.2) is 51.3 Å². The van der Waals surface area contributed by atoms with Crippen molar-refractivity contribution in [3.8, 4) is 0 Å². The van der Waals surface area contributed by atoms with Crippen LogP contribution < -0.4 is 5.73 Å². The first-order chi connectivity index (χ1) is 8.72. The summed E-state index contributed by atoms with van der Waals surface area (Å²) in [6.07, 6.45) is -1.03. The van der Waals surface area contributed by atoms with E-state index in [2.05, 4.69) is 0 Å². The maximum atomic E-state index is 11.5. The second-order valence-electron chi connectivity index (χ2n) is 4.19. The Hall–Kier alpha value is -1.28. The van der Waals surface area contributed by atoms with Gasteiger partial charge in [-0.3, -0.25) is 14.4 Å². The molecule has 2 unspecified atom stereocenters. The molecule has 0 aromatic heterocycles. The van der Waals surface area contributed by atoms with E-state index in [0.717, 1.165) is 0 Å². The third-order valence-electron chi connectivity index (χ3n) is 2.10. The molecule has 110 valence electrons. The van der Waals surface area contributed by atoms with Crippen molar-refractivity contribution in [1.29, 1.82) is 0 Å². The van der Waals surface area contributed by atoms with E-state index in [9.17, 15) is 14.4 Å². The summed E-state index contributed by atoms with van der Waals surface area (Å²) < 4.78 is 4.86. The molecule has 0 bridgehead atoms. The van der Waals surface area contributed by atoms with Gasteiger partial charge in [-0.15, -0.1) is 0 Å². The zero-order chi connectivity index (χ0) is 15.0. The molecular weight excluding hydrogens is 274 g/mol. The second kappa shape index (κ2) is 8.76. The Balaban J connectivity index is 3.99. The Morgan fingerprint density at radius 2 is 1.68 bits per heavy atom. The zero-order valence-electron chi connectivity index (χ0n) is 10.9. The predicted octanol–water partition coefficient (Wildman–Crippen LogP) is 0.317. The summed E-state index contributed by atoms with van der Waals surface area (Å²) in [5, 5.41) is 16.9. The number of carbonyl (C=O) groups is 3. The number of esters is 1. The highest BCUT2D eigenvalue weighted by molar-refractivity contribution is 7.99. The van der Waals surface area contributed by atoms with Crippen LogP contribution in [0.25, 0.3) is 0 Å². The summed E-state index contributed by atoms with van der Waals surface area (Å²) in [5.41, 5.74) is 5.59. The Morgan fingerprint density at radius 1 is 1.16 bits per heavy atom. The quantitative estimate of drug-likeness (QED) is 0.518. The van der Waals surface area contributed by atoms with E-state index in [0.29, 0.717) is 0 Å². The SMILES string of the molecule is CC(CC(=O)O)OC(=O)[C@@H](N)CSC(C)CC(=O)O. The van der Waals surface area contributed by atoms with Gasteiger partial charge in [0.05, 0.1) is 12.8 Å². The van der Waals surface area contributed by atoms with Crippen molar-refractivity contribution in [2.75, 3.05) is 5.75 Å². The number of aliphatic carboxylic acids is 2. The fraction of sp³-hybridized carbons (Fsp3) is 0.727. The van der Waals surface area contributed by atoms with Gasteiger partial charge < -0.3 is 20.7 Å². The number of rotatable bonds is 9. The standard InChI is InChI=1S/C11H19NO6S/c1-6(3-9(13)14)18-11(17)8(12)5-19-7(2)4-10(15)16/h6-8H,3-5,12H2,1-2H3,(H,13,14)(H,15,16)/t6?,7?,8-/m0/s1. The normalized spacial score (nSPS) is 15.3. The monoisotopic (exact) mass is 293 g/mol. The van der Waals surface area contributed by atoms with Gasteiger partial charge in [-0.05, 0) is 6.92 Å². The molecule has 0 rings (SSSR count). The molecule has 0 aromatic rings. The van der Waals surface area contributed by atoms with Crippen molar-refractivity contribution in [3.63, 3.8) is 0 Å². The van der Waals surface area contributed by atoms with Gasteiger partial charge in [0.2, 0.25) is 0 Å². The van der Waals surface area contributed by atoms with Crippen LogP contribution in [-0.2, 0) is 19.1 Å². The zero-order valence-corrected chi connectivity index (χ0v) is 11.7. The Kier molecular flexibility index (Phi) is 8.17. The number of ether oxygens (including phenoxy) is 1. The number of nitrogens with two attached hydrogens (primary N) is 1. The van der Waals surface area contributed by atoms with Crippen LogP contribution in [0.4, 0.5) is 0 Å². The molecule has 0 radical (unpaired) electrons. The van der Waals surface area contributed by atoms with E-state index < -0.39 is 30.1 Å². The Morgan fingerprint density at radius 3 is 2.16 bits per heavy atom. The molecule has 0 saturated carbocycles. The van der Waals surface area contributed by atoms with Gasteiger partial charge in [0.25, 0.3) is 0 Å². The molecule has 0 aliphatic heterocycles. The van der Waals surface area contributed by atoms with Crippen molar-refractivity contribution in [2.24, 2.45) is 5.73 Å². The Bertz CT molecular complexity index is 335. The third-order valence-corrected chi connectivity index (χ3v) is 3.39. The molecule has 4 N–H and O–H groups in total. The maximum absolute atomic E-state index is 11.5. The number of thioether (sulfide) groups is 1. The van der Waals surface area contributed by atoms with E-state index in [1.54, 1.807) is 6.92 Å². The van der Waals surface area contributed by atoms with Crippen molar-refractivity contribution in [1.82, 2.24) is 0 Å². The van der Waals surface area contributed by atoms with E-state index in [1.807, 2.05) is 0 Å². The van der Waals surface area contributed by atoms with Gasteiger partial charge >= 0.3 is 17.9 Å². The molecule has 0 spiro atoms. The number of hydrogen-bond donors (Lipinski definition) is 3. The van der Waals surface area contributed by atoms with E-state index >= 15 is 0 Å². The lowest BCUT2D eigenvalue weighted by Crippen LogP contribution is -2.37. The van der Waals surface area contributed by atoms with E-state index in [1.165, 1.54) is 18.7 Å². The highest BCUT2D eigenvalue weighted by Crippen LogP contribution is 2.15. The van der Waals surface area contributed by atoms with Gasteiger partial charge in [-0.25, -0.2) is 0 Å². The minimum Gasteiger partial charge on any atom is -0.481 e. The molecule has 0 heterocycles. The van der Waals surface area contributed by atoms with Gasteiger partial charge in [0.15, 0.2) is 0 Å². The average Bonchev–Trinajstić information content (AvgIpc) is 2.23. The number of carboxylic acids is 2. The highest BCUT2D eigenvalue weighted by atomic mass is 32.2. The van der Waals surface area contributed by atoms with Crippen molar-refractivity contribution >= 4 is 29.7 Å². The molecule has 0 aliphatic carbocycles. The van der Waals surface area contributed by atoms with Crippen LogP contribution in [0.2, 0.25) is 0 Å². The summed E-state index contributed by atoms with van der Waals surface area (Å²) in [7, 11) is 0. The minimum absolute atomic E-state index is 0.0121. The summed E-state index contributed by atoms with van der Waals surface area (Å²) in [6, 6.07) is -0.891. The number of carboxylic acid groups (broad SMARTS) is 2. The van der Waals surface area contributed by atoms with Crippen molar-refractivity contribution in [2.45, 2.75) is 44.1 Å². The van der Waals surface area contributed by atoms with Crippen LogP contribution in [0.15, 0.2) is 0 Å². The van der Waals surface area contributed by atoms with Crippen LogP contribution >= 0.6 is 11.8 Å². The lowest BCUT2D eigenvalue weighted by molar-refractivity contribution is -0.152. The summed E-state index contributed by atoms with van der Waals surface area (Å²) in [6.45, 7) is 3.20.